The van der Waals surface area contributed by atoms with Crippen LogP contribution in [0.4, 0.5) is 16.3 Å². The molecule has 0 fully saturated rings. The van der Waals surface area contributed by atoms with Gasteiger partial charge in [0.1, 0.15) is 12.4 Å². The number of carbonyl (C=O) groups excluding carboxylic acids is 2. The Morgan fingerprint density at radius 1 is 0.895 bits per heavy atom. The second-order valence-corrected chi connectivity index (χ2v) is 10.7. The fourth-order valence-corrected chi connectivity index (χ4v) is 4.08. The Kier molecular flexibility index (Phi) is 8.39. The number of rotatable bonds is 7. The molecular formula is C29H29Cl2N5O2. The maximum absolute atomic E-state index is 13.3. The lowest BCUT2D eigenvalue weighted by Gasteiger charge is -2.23. The first kappa shape index (κ1) is 27.2. The summed E-state index contributed by atoms with van der Waals surface area (Å²) in [6.07, 6.45) is 0. The zero-order chi connectivity index (χ0) is 27.3. The van der Waals surface area contributed by atoms with E-state index in [1.807, 2.05) is 75.4 Å². The minimum absolute atomic E-state index is 0.188. The molecule has 1 heterocycles. The van der Waals surface area contributed by atoms with E-state index in [1.165, 1.54) is 4.90 Å². The molecule has 4 rings (SSSR count). The van der Waals surface area contributed by atoms with E-state index in [4.69, 9.17) is 28.3 Å². The number of benzene rings is 3. The van der Waals surface area contributed by atoms with E-state index in [0.29, 0.717) is 27.2 Å². The molecule has 0 radical (unpaired) electrons. The normalized spacial score (nSPS) is 11.2. The molecule has 0 saturated carbocycles. The van der Waals surface area contributed by atoms with E-state index in [2.05, 4.69) is 10.6 Å². The van der Waals surface area contributed by atoms with E-state index in [-0.39, 0.29) is 24.4 Å². The van der Waals surface area contributed by atoms with Crippen molar-refractivity contribution in [2.45, 2.75) is 32.7 Å². The number of urea groups is 1. The topological polar surface area (TPSA) is 79.3 Å². The summed E-state index contributed by atoms with van der Waals surface area (Å²) in [5, 5.41) is 11.6. The van der Waals surface area contributed by atoms with Crippen LogP contribution in [0.2, 0.25) is 10.0 Å². The van der Waals surface area contributed by atoms with Crippen molar-refractivity contribution < 1.29 is 9.59 Å². The van der Waals surface area contributed by atoms with Crippen LogP contribution in [0.15, 0.2) is 84.9 Å². The van der Waals surface area contributed by atoms with E-state index < -0.39 is 6.03 Å². The molecule has 0 spiro atoms. The first-order valence-electron chi connectivity index (χ1n) is 12.1. The Hall–Kier alpha value is -3.81. The van der Waals surface area contributed by atoms with Crippen molar-refractivity contribution in [3.8, 4) is 5.69 Å². The van der Waals surface area contributed by atoms with E-state index in [9.17, 15) is 9.59 Å². The number of nitrogens with zero attached hydrogens (tertiary/aromatic N) is 3. The Morgan fingerprint density at radius 2 is 1.55 bits per heavy atom. The number of aromatic nitrogens is 2. The number of para-hydroxylation sites is 1. The second-order valence-electron chi connectivity index (χ2n) is 9.85. The summed E-state index contributed by atoms with van der Waals surface area (Å²) in [5.74, 6) is 0.0895. The molecule has 9 heteroatoms. The van der Waals surface area contributed by atoms with Gasteiger partial charge in [-0.2, -0.15) is 5.10 Å². The molecule has 4 aromatic rings. The van der Waals surface area contributed by atoms with Crippen molar-refractivity contribution in [2.24, 2.45) is 0 Å². The Labute approximate surface area is 232 Å². The zero-order valence-electron chi connectivity index (χ0n) is 21.4. The van der Waals surface area contributed by atoms with Crippen LogP contribution in [0.5, 0.6) is 0 Å². The monoisotopic (exact) mass is 549 g/mol. The third-order valence-corrected chi connectivity index (χ3v) is 6.33. The van der Waals surface area contributed by atoms with Gasteiger partial charge < -0.3 is 15.5 Å². The van der Waals surface area contributed by atoms with Crippen molar-refractivity contribution in [3.63, 3.8) is 0 Å². The van der Waals surface area contributed by atoms with Gasteiger partial charge in [0.15, 0.2) is 0 Å². The van der Waals surface area contributed by atoms with Gasteiger partial charge in [0.25, 0.3) is 0 Å². The van der Waals surface area contributed by atoms with Crippen molar-refractivity contribution in [1.82, 2.24) is 14.7 Å². The summed E-state index contributed by atoms with van der Waals surface area (Å²) in [6.45, 7) is 6.18. The fourth-order valence-electron chi connectivity index (χ4n) is 3.74. The van der Waals surface area contributed by atoms with Crippen molar-refractivity contribution >= 4 is 46.6 Å². The third-order valence-electron chi connectivity index (χ3n) is 5.76. The van der Waals surface area contributed by atoms with Crippen LogP contribution in [-0.4, -0.2) is 33.2 Å². The van der Waals surface area contributed by atoms with Crippen LogP contribution in [0, 0.1) is 0 Å². The predicted molar refractivity (Wildman–Crippen MR) is 153 cm³/mol. The average Bonchev–Trinajstić information content (AvgIpc) is 3.30. The highest BCUT2D eigenvalue weighted by atomic mass is 35.5. The quantitative estimate of drug-likeness (QED) is 0.257. The Morgan fingerprint density at radius 3 is 2.21 bits per heavy atom. The number of nitrogens with one attached hydrogen (secondary N) is 2. The lowest BCUT2D eigenvalue weighted by molar-refractivity contribution is -0.116. The van der Waals surface area contributed by atoms with Crippen molar-refractivity contribution in [1.29, 1.82) is 0 Å². The number of hydrogen-bond acceptors (Lipinski definition) is 3. The van der Waals surface area contributed by atoms with Gasteiger partial charge in [0.2, 0.25) is 5.91 Å². The lowest BCUT2D eigenvalue weighted by Crippen LogP contribution is -2.40. The standard InChI is InChI=1S/C29H29Cl2N5O2/c1-29(2,3)25-17-26(36(34-25)24-12-8-7-11-23(24)31)33-27(37)19-35(18-20-9-5-4-6-10-20)28(38)32-22-15-13-21(30)14-16-22/h4-17H,18-19H2,1-3H3,(H,32,38)(H,33,37). The van der Waals surface area contributed by atoms with Gasteiger partial charge in [-0.25, -0.2) is 9.48 Å². The molecule has 0 bridgehead atoms. The zero-order valence-corrected chi connectivity index (χ0v) is 22.9. The minimum atomic E-state index is -0.415. The van der Waals surface area contributed by atoms with Crippen LogP contribution in [0.3, 0.4) is 0 Å². The van der Waals surface area contributed by atoms with Crippen LogP contribution >= 0.6 is 23.2 Å². The SMILES string of the molecule is CC(C)(C)c1cc(NC(=O)CN(Cc2ccccc2)C(=O)Nc2ccc(Cl)cc2)n(-c2ccccc2Cl)n1. The average molecular weight is 550 g/mol. The summed E-state index contributed by atoms with van der Waals surface area (Å²) < 4.78 is 1.62. The molecule has 3 aromatic carbocycles. The molecule has 2 N–H and O–H groups in total. The molecule has 1 aromatic heterocycles. The highest BCUT2D eigenvalue weighted by Gasteiger charge is 2.24. The third kappa shape index (κ3) is 6.94. The second kappa shape index (κ2) is 11.7. The van der Waals surface area contributed by atoms with Gasteiger partial charge in [0, 0.05) is 28.7 Å². The molecule has 0 atom stereocenters. The lowest BCUT2D eigenvalue weighted by atomic mass is 9.92. The van der Waals surface area contributed by atoms with E-state index >= 15 is 0 Å². The fraction of sp³-hybridized carbons (Fsp3) is 0.207. The maximum atomic E-state index is 13.3. The molecule has 38 heavy (non-hydrogen) atoms. The van der Waals surface area contributed by atoms with Crippen molar-refractivity contribution in [2.75, 3.05) is 17.2 Å². The van der Waals surface area contributed by atoms with Crippen LogP contribution in [0.1, 0.15) is 32.0 Å². The number of hydrogen-bond donors (Lipinski definition) is 2. The largest absolute Gasteiger partial charge is 0.322 e. The number of carbonyl (C=O) groups is 2. The van der Waals surface area contributed by atoms with E-state index in [0.717, 1.165) is 11.3 Å². The smallest absolute Gasteiger partial charge is 0.311 e. The molecular weight excluding hydrogens is 521 g/mol. The molecule has 0 aliphatic rings. The first-order valence-corrected chi connectivity index (χ1v) is 12.9. The molecule has 196 valence electrons. The van der Waals surface area contributed by atoms with Gasteiger partial charge in [-0.3, -0.25) is 4.79 Å². The van der Waals surface area contributed by atoms with Crippen LogP contribution in [0.25, 0.3) is 5.69 Å². The molecule has 3 amide bonds. The van der Waals surface area contributed by atoms with E-state index in [1.54, 1.807) is 35.0 Å². The number of amides is 3. The first-order chi connectivity index (χ1) is 18.1. The summed E-state index contributed by atoms with van der Waals surface area (Å²) in [6, 6.07) is 25.0. The number of halogens is 2. The van der Waals surface area contributed by atoms with Gasteiger partial charge in [-0.1, -0.05) is 86.4 Å². The minimum Gasteiger partial charge on any atom is -0.311 e. The Bertz CT molecular complexity index is 1410. The van der Waals surface area contributed by atoms with Gasteiger partial charge >= 0.3 is 6.03 Å². The van der Waals surface area contributed by atoms with Crippen molar-refractivity contribution in [3.05, 3.63) is 106 Å². The highest BCUT2D eigenvalue weighted by Crippen LogP contribution is 2.29. The molecule has 0 saturated heterocycles. The predicted octanol–water partition coefficient (Wildman–Crippen LogP) is 7.15. The number of anilines is 2. The molecule has 7 nitrogen and oxygen atoms in total. The molecule has 0 aliphatic heterocycles. The van der Waals surface area contributed by atoms with Gasteiger partial charge in [0.05, 0.1) is 16.4 Å². The Balaban J connectivity index is 1.58. The highest BCUT2D eigenvalue weighted by molar-refractivity contribution is 6.32. The summed E-state index contributed by atoms with van der Waals surface area (Å²) in [4.78, 5) is 28.0. The van der Waals surface area contributed by atoms with Gasteiger partial charge in [-0.15, -0.1) is 0 Å². The van der Waals surface area contributed by atoms with Crippen LogP contribution in [-0.2, 0) is 16.8 Å². The van der Waals surface area contributed by atoms with Gasteiger partial charge in [-0.05, 0) is 42.0 Å². The summed E-state index contributed by atoms with van der Waals surface area (Å²) in [7, 11) is 0. The summed E-state index contributed by atoms with van der Waals surface area (Å²) in [5.41, 5.74) is 2.63. The maximum Gasteiger partial charge on any atom is 0.322 e. The summed E-state index contributed by atoms with van der Waals surface area (Å²) >= 11 is 12.4. The van der Waals surface area contributed by atoms with Crippen LogP contribution < -0.4 is 10.6 Å². The molecule has 0 aliphatic carbocycles. The molecule has 0 unspecified atom stereocenters.